The first-order valence-electron chi connectivity index (χ1n) is 6.61. The van der Waals surface area contributed by atoms with Gasteiger partial charge in [0.2, 0.25) is 0 Å². The van der Waals surface area contributed by atoms with E-state index in [0.717, 1.165) is 18.4 Å². The van der Waals surface area contributed by atoms with Crippen LogP contribution in [0.3, 0.4) is 0 Å². The predicted octanol–water partition coefficient (Wildman–Crippen LogP) is 3.97. The minimum absolute atomic E-state index is 0.101. The summed E-state index contributed by atoms with van der Waals surface area (Å²) in [4.78, 5) is 0. The molecule has 1 heteroatoms. The minimum Gasteiger partial charge on any atom is -0.392 e. The first kappa shape index (κ1) is 12.8. The van der Waals surface area contributed by atoms with Gasteiger partial charge in [0, 0.05) is 0 Å². The van der Waals surface area contributed by atoms with Gasteiger partial charge in [-0.15, -0.1) is 0 Å². The van der Waals surface area contributed by atoms with Crippen molar-refractivity contribution < 1.29 is 5.11 Å². The molecule has 2 aromatic rings. The highest BCUT2D eigenvalue weighted by Gasteiger charge is 2.08. The second-order valence-electron chi connectivity index (χ2n) is 4.52. The lowest BCUT2D eigenvalue weighted by Gasteiger charge is -2.14. The van der Waals surface area contributed by atoms with Gasteiger partial charge in [0.15, 0.2) is 0 Å². The Morgan fingerprint density at radius 3 is 2.06 bits per heavy atom. The predicted molar refractivity (Wildman–Crippen MR) is 76.6 cm³/mol. The highest BCUT2D eigenvalue weighted by atomic mass is 16.3. The quantitative estimate of drug-likeness (QED) is 0.857. The third kappa shape index (κ3) is 2.46. The summed E-state index contributed by atoms with van der Waals surface area (Å²) in [7, 11) is 0. The summed E-state index contributed by atoms with van der Waals surface area (Å²) in [6, 6.07) is 14.7. The van der Waals surface area contributed by atoms with Gasteiger partial charge >= 0.3 is 0 Å². The van der Waals surface area contributed by atoms with Crippen molar-refractivity contribution in [1.29, 1.82) is 0 Å². The van der Waals surface area contributed by atoms with Crippen molar-refractivity contribution in [3.8, 4) is 11.1 Å². The molecule has 0 aromatic heterocycles. The first-order valence-corrected chi connectivity index (χ1v) is 6.61. The highest BCUT2D eigenvalue weighted by Crippen LogP contribution is 2.29. The highest BCUT2D eigenvalue weighted by molar-refractivity contribution is 5.71. The lowest BCUT2D eigenvalue weighted by atomic mass is 9.91. The summed E-state index contributed by atoms with van der Waals surface area (Å²) in [6.45, 7) is 4.48. The van der Waals surface area contributed by atoms with Crippen LogP contribution in [0.1, 0.15) is 30.5 Å². The number of hydrogen-bond acceptors (Lipinski definition) is 1. The molecule has 0 unspecified atom stereocenters. The largest absolute Gasteiger partial charge is 0.392 e. The van der Waals surface area contributed by atoms with Crippen molar-refractivity contribution in [3.63, 3.8) is 0 Å². The molecule has 1 nitrogen and oxygen atoms in total. The van der Waals surface area contributed by atoms with Crippen molar-refractivity contribution in [2.75, 3.05) is 0 Å². The van der Waals surface area contributed by atoms with Crippen LogP contribution in [0.2, 0.25) is 0 Å². The van der Waals surface area contributed by atoms with Crippen molar-refractivity contribution >= 4 is 0 Å². The number of aliphatic hydroxyl groups is 1. The summed E-state index contributed by atoms with van der Waals surface area (Å²) in [6.07, 6.45) is 2.07. The van der Waals surface area contributed by atoms with E-state index in [1.165, 1.54) is 22.3 Å². The van der Waals surface area contributed by atoms with Gasteiger partial charge < -0.3 is 5.11 Å². The number of aliphatic hydroxyl groups excluding tert-OH is 1. The molecular formula is C17H20O. The van der Waals surface area contributed by atoms with E-state index >= 15 is 0 Å². The van der Waals surface area contributed by atoms with Crippen molar-refractivity contribution in [2.45, 2.75) is 33.3 Å². The van der Waals surface area contributed by atoms with Gasteiger partial charge in [-0.3, -0.25) is 0 Å². The molecule has 0 amide bonds. The standard InChI is InChI=1S/C17H20O/c1-3-14-8-6-9-15(4-2)17(14)16-10-5-7-13(11-16)12-18/h5-11,18H,3-4,12H2,1-2H3. The molecule has 0 saturated carbocycles. The van der Waals surface area contributed by atoms with Crippen molar-refractivity contribution in [1.82, 2.24) is 0 Å². The second kappa shape index (κ2) is 5.83. The number of rotatable bonds is 4. The Bertz CT molecular complexity index is 507. The maximum Gasteiger partial charge on any atom is 0.0682 e. The topological polar surface area (TPSA) is 20.2 Å². The third-order valence-corrected chi connectivity index (χ3v) is 3.40. The van der Waals surface area contributed by atoms with Gasteiger partial charge in [-0.1, -0.05) is 50.2 Å². The normalized spacial score (nSPS) is 10.6. The van der Waals surface area contributed by atoms with Crippen LogP contribution in [0.4, 0.5) is 0 Å². The molecule has 0 spiro atoms. The molecule has 2 aromatic carbocycles. The zero-order chi connectivity index (χ0) is 13.0. The fourth-order valence-corrected chi connectivity index (χ4v) is 2.44. The summed E-state index contributed by atoms with van der Waals surface area (Å²) in [5, 5.41) is 9.26. The van der Waals surface area contributed by atoms with Gasteiger partial charge in [-0.05, 0) is 46.7 Å². The Balaban J connectivity index is 2.60. The Morgan fingerprint density at radius 2 is 1.50 bits per heavy atom. The molecule has 0 radical (unpaired) electrons. The van der Waals surface area contributed by atoms with E-state index in [2.05, 4.69) is 44.2 Å². The molecule has 1 N–H and O–H groups in total. The van der Waals surface area contributed by atoms with E-state index in [-0.39, 0.29) is 6.61 Å². The Kier molecular flexibility index (Phi) is 4.16. The van der Waals surface area contributed by atoms with E-state index in [0.29, 0.717) is 0 Å². The number of aryl methyl sites for hydroxylation is 2. The van der Waals surface area contributed by atoms with E-state index in [1.807, 2.05) is 12.1 Å². The van der Waals surface area contributed by atoms with Gasteiger partial charge in [0.25, 0.3) is 0 Å². The molecule has 0 aliphatic carbocycles. The maximum atomic E-state index is 9.26. The second-order valence-corrected chi connectivity index (χ2v) is 4.52. The summed E-state index contributed by atoms with van der Waals surface area (Å²) >= 11 is 0. The molecule has 0 aliphatic heterocycles. The lowest BCUT2D eigenvalue weighted by Crippen LogP contribution is -1.95. The van der Waals surface area contributed by atoms with Crippen LogP contribution in [0.25, 0.3) is 11.1 Å². The molecule has 18 heavy (non-hydrogen) atoms. The van der Waals surface area contributed by atoms with Crippen LogP contribution < -0.4 is 0 Å². The van der Waals surface area contributed by atoms with E-state index < -0.39 is 0 Å². The van der Waals surface area contributed by atoms with Gasteiger partial charge in [0.05, 0.1) is 6.61 Å². The zero-order valence-corrected chi connectivity index (χ0v) is 11.1. The lowest BCUT2D eigenvalue weighted by molar-refractivity contribution is 0.282. The molecule has 0 heterocycles. The fraction of sp³-hybridized carbons (Fsp3) is 0.294. The van der Waals surface area contributed by atoms with Crippen molar-refractivity contribution in [3.05, 3.63) is 59.2 Å². The van der Waals surface area contributed by atoms with Crippen LogP contribution >= 0.6 is 0 Å². The van der Waals surface area contributed by atoms with Gasteiger partial charge in [-0.2, -0.15) is 0 Å². The molecule has 0 atom stereocenters. The summed E-state index contributed by atoms with van der Waals surface area (Å²) in [5.41, 5.74) is 6.29. The number of hydrogen-bond donors (Lipinski definition) is 1. The van der Waals surface area contributed by atoms with Crippen LogP contribution in [-0.4, -0.2) is 5.11 Å². The van der Waals surface area contributed by atoms with E-state index in [9.17, 15) is 5.11 Å². The molecule has 94 valence electrons. The van der Waals surface area contributed by atoms with Crippen LogP contribution in [0, 0.1) is 0 Å². The molecule has 0 aliphatic rings. The third-order valence-electron chi connectivity index (χ3n) is 3.40. The smallest absolute Gasteiger partial charge is 0.0682 e. The monoisotopic (exact) mass is 240 g/mol. The summed E-state index contributed by atoms with van der Waals surface area (Å²) < 4.78 is 0. The van der Waals surface area contributed by atoms with E-state index in [4.69, 9.17) is 0 Å². The van der Waals surface area contributed by atoms with Crippen molar-refractivity contribution in [2.24, 2.45) is 0 Å². The van der Waals surface area contributed by atoms with Crippen LogP contribution in [0.15, 0.2) is 42.5 Å². The molecule has 0 bridgehead atoms. The maximum absolute atomic E-state index is 9.26. The Hall–Kier alpha value is -1.60. The van der Waals surface area contributed by atoms with Gasteiger partial charge in [-0.25, -0.2) is 0 Å². The van der Waals surface area contributed by atoms with E-state index in [1.54, 1.807) is 0 Å². The van der Waals surface area contributed by atoms with Gasteiger partial charge in [0.1, 0.15) is 0 Å². The minimum atomic E-state index is 0.101. The number of benzene rings is 2. The fourth-order valence-electron chi connectivity index (χ4n) is 2.44. The molecular weight excluding hydrogens is 220 g/mol. The first-order chi connectivity index (χ1) is 8.80. The Labute approximate surface area is 109 Å². The molecule has 0 fully saturated rings. The zero-order valence-electron chi connectivity index (χ0n) is 11.1. The van der Waals surface area contributed by atoms with Crippen LogP contribution in [-0.2, 0) is 19.4 Å². The average molecular weight is 240 g/mol. The molecule has 2 rings (SSSR count). The average Bonchev–Trinajstić information content (AvgIpc) is 2.46. The summed E-state index contributed by atoms with van der Waals surface area (Å²) in [5.74, 6) is 0. The molecule has 0 saturated heterocycles. The Morgan fingerprint density at radius 1 is 0.889 bits per heavy atom. The van der Waals surface area contributed by atoms with Crippen LogP contribution in [0.5, 0.6) is 0 Å². The SMILES string of the molecule is CCc1cccc(CC)c1-c1cccc(CO)c1.